The van der Waals surface area contributed by atoms with Crippen LogP contribution in [0.15, 0.2) is 60.7 Å². The third kappa shape index (κ3) is 12.6. The molecular formula is C38H50F2O6. The fourth-order valence-corrected chi connectivity index (χ4v) is 5.32. The zero-order chi connectivity index (χ0) is 32.4. The molecule has 46 heavy (non-hydrogen) atoms. The van der Waals surface area contributed by atoms with Crippen LogP contribution in [-0.4, -0.2) is 45.2 Å². The second-order valence-corrected chi connectivity index (χ2v) is 12.0. The smallest absolute Gasteiger partial charge is 0.165 e. The molecule has 1 aliphatic rings. The Labute approximate surface area is 273 Å². The van der Waals surface area contributed by atoms with E-state index in [2.05, 4.69) is 13.8 Å². The van der Waals surface area contributed by atoms with Crippen molar-refractivity contribution >= 4 is 0 Å². The Kier molecular flexibility index (Phi) is 15.8. The Hall–Kier alpha value is -3.04. The van der Waals surface area contributed by atoms with Gasteiger partial charge in [-0.3, -0.25) is 0 Å². The van der Waals surface area contributed by atoms with Gasteiger partial charge in [0.25, 0.3) is 0 Å². The number of ether oxygens (including phenoxy) is 4. The lowest BCUT2D eigenvalue weighted by molar-refractivity contribution is -0.339. The number of halogens is 2. The molecule has 8 heteroatoms. The van der Waals surface area contributed by atoms with Crippen LogP contribution >= 0.6 is 0 Å². The zero-order valence-electron chi connectivity index (χ0n) is 27.4. The minimum absolute atomic E-state index is 0.00144. The van der Waals surface area contributed by atoms with E-state index in [1.54, 1.807) is 24.3 Å². The molecule has 0 bridgehead atoms. The van der Waals surface area contributed by atoms with Crippen LogP contribution in [0.3, 0.4) is 0 Å². The molecule has 0 aliphatic heterocycles. The van der Waals surface area contributed by atoms with Gasteiger partial charge in [0, 0.05) is 12.2 Å². The largest absolute Gasteiger partial charge is 0.494 e. The number of rotatable bonds is 21. The monoisotopic (exact) mass is 640 g/mol. The summed E-state index contributed by atoms with van der Waals surface area (Å²) in [4.78, 5) is 11.0. The van der Waals surface area contributed by atoms with E-state index >= 15 is 0 Å². The Balaban J connectivity index is 1.09. The molecule has 1 aliphatic carbocycles. The molecule has 0 radical (unpaired) electrons. The molecular weight excluding hydrogens is 590 g/mol. The van der Waals surface area contributed by atoms with E-state index in [9.17, 15) is 8.78 Å². The normalized spacial score (nSPS) is 16.4. The van der Waals surface area contributed by atoms with Crippen molar-refractivity contribution in [3.05, 3.63) is 83.4 Å². The van der Waals surface area contributed by atoms with Crippen molar-refractivity contribution in [1.29, 1.82) is 0 Å². The molecule has 1 fully saturated rings. The molecule has 252 valence electrons. The van der Waals surface area contributed by atoms with Crippen molar-refractivity contribution < 1.29 is 37.5 Å². The van der Waals surface area contributed by atoms with Gasteiger partial charge in [0.1, 0.15) is 18.2 Å². The first-order valence-electron chi connectivity index (χ1n) is 16.9. The van der Waals surface area contributed by atoms with Gasteiger partial charge in [0.2, 0.25) is 0 Å². The van der Waals surface area contributed by atoms with Gasteiger partial charge >= 0.3 is 0 Å². The molecule has 6 nitrogen and oxygen atoms in total. The van der Waals surface area contributed by atoms with E-state index in [4.69, 9.17) is 28.7 Å². The van der Waals surface area contributed by atoms with Gasteiger partial charge < -0.3 is 18.9 Å². The quantitative estimate of drug-likeness (QED) is 0.0657. The number of hydrogen-bond acceptors (Lipinski definition) is 6. The van der Waals surface area contributed by atoms with Crippen molar-refractivity contribution in [2.75, 3.05) is 33.0 Å². The SMILES string of the molecule is CCCCOCCOC1CCC(OOCc2ccc(-c3ccc(OCCCCCCOc4ccc(C)cc4)c(F)c3)cc2F)CC1. The molecule has 3 aromatic carbocycles. The van der Waals surface area contributed by atoms with Gasteiger partial charge in [-0.25, -0.2) is 18.6 Å². The maximum Gasteiger partial charge on any atom is 0.165 e. The van der Waals surface area contributed by atoms with Gasteiger partial charge in [-0.2, -0.15) is 0 Å². The van der Waals surface area contributed by atoms with Crippen LogP contribution in [0.25, 0.3) is 11.1 Å². The maximum atomic E-state index is 14.9. The predicted octanol–water partition coefficient (Wildman–Crippen LogP) is 9.55. The summed E-state index contributed by atoms with van der Waals surface area (Å²) in [6.45, 7) is 7.34. The first-order valence-corrected chi connectivity index (χ1v) is 16.9. The van der Waals surface area contributed by atoms with Gasteiger partial charge in [-0.1, -0.05) is 49.2 Å². The highest BCUT2D eigenvalue weighted by molar-refractivity contribution is 5.65. The van der Waals surface area contributed by atoms with E-state index in [1.807, 2.05) is 24.3 Å². The Morgan fingerprint density at radius 2 is 1.33 bits per heavy atom. The highest BCUT2D eigenvalue weighted by atomic mass is 19.1. The minimum atomic E-state index is -0.467. The van der Waals surface area contributed by atoms with E-state index in [-0.39, 0.29) is 24.6 Å². The molecule has 1 saturated carbocycles. The summed E-state index contributed by atoms with van der Waals surface area (Å²) in [6.07, 6.45) is 9.64. The van der Waals surface area contributed by atoms with E-state index in [1.165, 1.54) is 17.7 Å². The molecule has 0 amide bonds. The van der Waals surface area contributed by atoms with Crippen LogP contribution in [0.1, 0.15) is 82.3 Å². The van der Waals surface area contributed by atoms with E-state index in [0.717, 1.165) is 76.6 Å². The van der Waals surface area contributed by atoms with Crippen LogP contribution in [0, 0.1) is 18.6 Å². The molecule has 0 unspecified atom stereocenters. The van der Waals surface area contributed by atoms with E-state index in [0.29, 0.717) is 43.1 Å². The maximum absolute atomic E-state index is 14.9. The van der Waals surface area contributed by atoms with Gasteiger partial charge in [0.15, 0.2) is 11.6 Å². The summed E-state index contributed by atoms with van der Waals surface area (Å²) in [5.74, 6) is 0.196. The average Bonchev–Trinajstić information content (AvgIpc) is 3.06. The molecule has 0 spiro atoms. The number of aryl methyl sites for hydroxylation is 1. The third-order valence-electron chi connectivity index (χ3n) is 8.17. The van der Waals surface area contributed by atoms with Crippen LogP contribution in [0.5, 0.6) is 11.5 Å². The lowest BCUT2D eigenvalue weighted by Gasteiger charge is -2.27. The molecule has 3 aromatic rings. The van der Waals surface area contributed by atoms with Crippen molar-refractivity contribution in [2.24, 2.45) is 0 Å². The van der Waals surface area contributed by atoms with Gasteiger partial charge in [0.05, 0.1) is 38.6 Å². The standard InChI is InChI=1S/C38H50F2O6/c1-3-4-21-41-24-25-43-34-16-18-35(19-17-34)46-45-28-32-12-11-30(26-36(32)39)31-13-20-38(37(40)27-31)44-23-8-6-5-7-22-42-33-14-9-29(2)10-15-33/h9-15,20,26-27,34-35H,3-8,16-19,21-25,28H2,1-2H3. The van der Waals surface area contributed by atoms with Crippen molar-refractivity contribution in [3.63, 3.8) is 0 Å². The number of benzene rings is 3. The first-order chi connectivity index (χ1) is 22.5. The van der Waals surface area contributed by atoms with Gasteiger partial charge in [-0.05, 0) is 106 Å². The fraction of sp³-hybridized carbons (Fsp3) is 0.526. The van der Waals surface area contributed by atoms with Crippen LogP contribution in [0.4, 0.5) is 8.78 Å². The first kappa shape index (κ1) is 35.8. The highest BCUT2D eigenvalue weighted by Gasteiger charge is 2.23. The van der Waals surface area contributed by atoms with Crippen LogP contribution in [-0.2, 0) is 25.9 Å². The molecule has 0 aromatic heterocycles. The second-order valence-electron chi connectivity index (χ2n) is 12.0. The zero-order valence-corrected chi connectivity index (χ0v) is 27.4. The third-order valence-corrected chi connectivity index (χ3v) is 8.17. The lowest BCUT2D eigenvalue weighted by Crippen LogP contribution is -2.27. The molecule has 0 heterocycles. The Morgan fingerprint density at radius 3 is 2.02 bits per heavy atom. The van der Waals surface area contributed by atoms with Crippen molar-refractivity contribution in [3.8, 4) is 22.6 Å². The van der Waals surface area contributed by atoms with Crippen LogP contribution in [0.2, 0.25) is 0 Å². The van der Waals surface area contributed by atoms with Crippen LogP contribution < -0.4 is 9.47 Å². The predicted molar refractivity (Wildman–Crippen MR) is 176 cm³/mol. The summed E-state index contributed by atoms with van der Waals surface area (Å²) in [5.41, 5.74) is 2.75. The lowest BCUT2D eigenvalue weighted by atomic mass is 9.95. The van der Waals surface area contributed by atoms with Crippen molar-refractivity contribution in [2.45, 2.75) is 96.9 Å². The summed E-state index contributed by atoms with van der Waals surface area (Å²) in [7, 11) is 0. The molecule has 0 atom stereocenters. The highest BCUT2D eigenvalue weighted by Crippen LogP contribution is 2.28. The fourth-order valence-electron chi connectivity index (χ4n) is 5.32. The topological polar surface area (TPSA) is 55.4 Å². The summed E-state index contributed by atoms with van der Waals surface area (Å²) in [6, 6.07) is 17.6. The van der Waals surface area contributed by atoms with Gasteiger partial charge in [-0.15, -0.1) is 0 Å². The Morgan fingerprint density at radius 1 is 0.652 bits per heavy atom. The second kappa shape index (κ2) is 20.3. The number of unbranched alkanes of at least 4 members (excludes halogenated alkanes) is 4. The Bertz CT molecular complexity index is 1280. The summed E-state index contributed by atoms with van der Waals surface area (Å²) < 4.78 is 52.5. The minimum Gasteiger partial charge on any atom is -0.494 e. The molecule has 4 rings (SSSR count). The molecule has 0 N–H and O–H groups in total. The summed E-state index contributed by atoms with van der Waals surface area (Å²) in [5, 5.41) is 0. The summed E-state index contributed by atoms with van der Waals surface area (Å²) >= 11 is 0. The average molecular weight is 641 g/mol. The number of hydrogen-bond donors (Lipinski definition) is 0. The van der Waals surface area contributed by atoms with E-state index < -0.39 is 11.6 Å². The molecule has 0 saturated heterocycles. The van der Waals surface area contributed by atoms with Crippen molar-refractivity contribution in [1.82, 2.24) is 0 Å².